The number of nitrogens with one attached hydrogen (secondary N) is 2. The van der Waals surface area contributed by atoms with E-state index in [4.69, 9.17) is 8.94 Å². The minimum atomic E-state index is -0.418. The third-order valence-electron chi connectivity index (χ3n) is 4.49. The summed E-state index contributed by atoms with van der Waals surface area (Å²) in [7, 11) is 0. The van der Waals surface area contributed by atoms with Gasteiger partial charge in [-0.15, -0.1) is 0 Å². The van der Waals surface area contributed by atoms with Gasteiger partial charge in [-0.3, -0.25) is 9.59 Å². The van der Waals surface area contributed by atoms with E-state index >= 15 is 0 Å². The van der Waals surface area contributed by atoms with Crippen LogP contribution < -0.4 is 10.6 Å². The van der Waals surface area contributed by atoms with Crippen molar-refractivity contribution in [3.05, 3.63) is 35.4 Å². The predicted molar refractivity (Wildman–Crippen MR) is 83.2 cm³/mol. The van der Waals surface area contributed by atoms with Gasteiger partial charge in [-0.1, -0.05) is 5.16 Å². The molecule has 2 heterocycles. The molecule has 0 atom stereocenters. The topological polar surface area (TPSA) is 110 Å². The molecular formula is C16H20N4O4. The number of amides is 2. The van der Waals surface area contributed by atoms with Crippen molar-refractivity contribution in [3.63, 3.8) is 0 Å². The van der Waals surface area contributed by atoms with Gasteiger partial charge < -0.3 is 19.6 Å². The predicted octanol–water partition coefficient (Wildman–Crippen LogP) is 1.29. The molecule has 2 aromatic heterocycles. The largest absolute Gasteiger partial charge is 0.438 e. The lowest BCUT2D eigenvalue weighted by Gasteiger charge is -2.42. The number of carbonyl (C=O) groups is 2. The molecule has 8 nitrogen and oxygen atoms in total. The van der Waals surface area contributed by atoms with Crippen LogP contribution in [0.2, 0.25) is 0 Å². The maximum atomic E-state index is 12.2. The van der Waals surface area contributed by atoms with Crippen molar-refractivity contribution in [3.8, 4) is 0 Å². The fourth-order valence-electron chi connectivity index (χ4n) is 2.82. The van der Waals surface area contributed by atoms with Crippen molar-refractivity contribution in [2.45, 2.75) is 45.1 Å². The Morgan fingerprint density at radius 2 is 2.12 bits per heavy atom. The highest BCUT2D eigenvalue weighted by molar-refractivity contribution is 5.91. The zero-order chi connectivity index (χ0) is 17.2. The number of aromatic nitrogens is 2. The standard InChI is InChI=1S/C16H20N4O4/c1-10-12(11(2)24-20-10)6-14(21)18-8-16(4-3-5-16)19-15(22)13-7-17-9-23-13/h7,9H,3-6,8H2,1-2H3,(H,18,21)(H,19,22). The zero-order valence-electron chi connectivity index (χ0n) is 13.7. The van der Waals surface area contributed by atoms with Crippen molar-refractivity contribution in [1.29, 1.82) is 0 Å². The summed E-state index contributed by atoms with van der Waals surface area (Å²) in [5, 5.41) is 9.70. The average Bonchev–Trinajstić information content (AvgIpc) is 3.15. The summed E-state index contributed by atoms with van der Waals surface area (Å²) in [6, 6.07) is 0. The summed E-state index contributed by atoms with van der Waals surface area (Å²) >= 11 is 0. The molecule has 2 aromatic rings. The normalized spacial score (nSPS) is 15.6. The first-order valence-electron chi connectivity index (χ1n) is 7.88. The lowest BCUT2D eigenvalue weighted by molar-refractivity contribution is -0.121. The van der Waals surface area contributed by atoms with Gasteiger partial charge in [-0.25, -0.2) is 4.98 Å². The molecule has 0 unspecified atom stereocenters. The molecule has 8 heteroatoms. The van der Waals surface area contributed by atoms with Gasteiger partial charge in [0.25, 0.3) is 5.91 Å². The second kappa shape index (κ2) is 6.46. The van der Waals surface area contributed by atoms with E-state index in [2.05, 4.69) is 20.8 Å². The molecule has 24 heavy (non-hydrogen) atoms. The number of hydrogen-bond acceptors (Lipinski definition) is 6. The fourth-order valence-corrected chi connectivity index (χ4v) is 2.82. The number of nitrogens with zero attached hydrogens (tertiary/aromatic N) is 2. The van der Waals surface area contributed by atoms with E-state index in [1.807, 2.05) is 6.92 Å². The molecule has 1 aliphatic carbocycles. The lowest BCUT2D eigenvalue weighted by Crippen LogP contribution is -2.59. The van der Waals surface area contributed by atoms with Crippen molar-refractivity contribution in [2.24, 2.45) is 0 Å². The summed E-state index contributed by atoms with van der Waals surface area (Å²) in [5.74, 6) is 0.389. The molecule has 2 N–H and O–H groups in total. The number of carbonyl (C=O) groups excluding carboxylic acids is 2. The van der Waals surface area contributed by atoms with Gasteiger partial charge in [0, 0.05) is 12.1 Å². The van der Waals surface area contributed by atoms with Crippen molar-refractivity contribution >= 4 is 11.8 Å². The molecule has 2 amide bonds. The highest BCUT2D eigenvalue weighted by atomic mass is 16.5. The average molecular weight is 332 g/mol. The molecule has 1 aliphatic rings. The zero-order valence-corrected chi connectivity index (χ0v) is 13.7. The quantitative estimate of drug-likeness (QED) is 0.825. The molecule has 0 radical (unpaired) electrons. The Labute approximate surface area is 139 Å². The Morgan fingerprint density at radius 1 is 1.33 bits per heavy atom. The Morgan fingerprint density at radius 3 is 2.67 bits per heavy atom. The van der Waals surface area contributed by atoms with Crippen molar-refractivity contribution in [2.75, 3.05) is 6.54 Å². The first-order chi connectivity index (χ1) is 11.5. The highest BCUT2D eigenvalue weighted by Gasteiger charge is 2.39. The van der Waals surface area contributed by atoms with Gasteiger partial charge in [0.1, 0.15) is 5.76 Å². The summed E-state index contributed by atoms with van der Waals surface area (Å²) in [6.45, 7) is 3.98. The van der Waals surface area contributed by atoms with E-state index in [9.17, 15) is 9.59 Å². The van der Waals surface area contributed by atoms with E-state index in [1.165, 1.54) is 12.6 Å². The maximum Gasteiger partial charge on any atom is 0.289 e. The molecule has 3 rings (SSSR count). The van der Waals surface area contributed by atoms with E-state index in [-0.39, 0.29) is 24.0 Å². The number of rotatable bonds is 6. The molecule has 0 spiro atoms. The van der Waals surface area contributed by atoms with Crippen LogP contribution in [-0.2, 0) is 11.2 Å². The molecule has 1 fully saturated rings. The number of oxazole rings is 1. The van der Waals surface area contributed by atoms with Crippen LogP contribution in [0.15, 0.2) is 21.5 Å². The molecular weight excluding hydrogens is 312 g/mol. The van der Waals surface area contributed by atoms with Crippen molar-refractivity contribution < 1.29 is 18.5 Å². The Hall–Kier alpha value is -2.64. The van der Waals surface area contributed by atoms with Gasteiger partial charge >= 0.3 is 0 Å². The van der Waals surface area contributed by atoms with E-state index < -0.39 is 5.54 Å². The summed E-state index contributed by atoms with van der Waals surface area (Å²) in [5.41, 5.74) is 1.11. The maximum absolute atomic E-state index is 12.2. The van der Waals surface area contributed by atoms with Gasteiger partial charge in [0.15, 0.2) is 6.39 Å². The second-order valence-corrected chi connectivity index (χ2v) is 6.21. The van der Waals surface area contributed by atoms with Crippen LogP contribution in [-0.4, -0.2) is 34.0 Å². The van der Waals surface area contributed by atoms with E-state index in [0.717, 1.165) is 30.5 Å². The highest BCUT2D eigenvalue weighted by Crippen LogP contribution is 2.31. The Bertz CT molecular complexity index is 712. The molecule has 128 valence electrons. The SMILES string of the molecule is Cc1noc(C)c1CC(=O)NCC1(NC(=O)c2cnco2)CCC1. The minimum absolute atomic E-state index is 0.121. The first kappa shape index (κ1) is 16.2. The molecule has 0 bridgehead atoms. The Balaban J connectivity index is 1.56. The molecule has 0 aliphatic heterocycles. The molecule has 0 aromatic carbocycles. The van der Waals surface area contributed by atoms with Gasteiger partial charge in [-0.2, -0.15) is 0 Å². The van der Waals surface area contributed by atoms with Gasteiger partial charge in [0.05, 0.1) is 23.9 Å². The van der Waals surface area contributed by atoms with Crippen LogP contribution in [0.4, 0.5) is 0 Å². The monoisotopic (exact) mass is 332 g/mol. The third kappa shape index (κ3) is 3.32. The summed E-state index contributed by atoms with van der Waals surface area (Å²) in [4.78, 5) is 28.1. The smallest absolute Gasteiger partial charge is 0.289 e. The first-order valence-corrected chi connectivity index (χ1v) is 7.88. The number of aryl methyl sites for hydroxylation is 2. The number of hydrogen-bond donors (Lipinski definition) is 2. The van der Waals surface area contributed by atoms with Crippen LogP contribution in [0.5, 0.6) is 0 Å². The molecule has 0 saturated heterocycles. The summed E-state index contributed by atoms with van der Waals surface area (Å²) in [6.07, 6.45) is 5.45. The second-order valence-electron chi connectivity index (χ2n) is 6.21. The van der Waals surface area contributed by atoms with Gasteiger partial charge in [0.2, 0.25) is 11.7 Å². The minimum Gasteiger partial charge on any atom is -0.438 e. The fraction of sp³-hybridized carbons (Fsp3) is 0.500. The van der Waals surface area contributed by atoms with Crippen LogP contribution >= 0.6 is 0 Å². The van der Waals surface area contributed by atoms with E-state index in [0.29, 0.717) is 12.3 Å². The van der Waals surface area contributed by atoms with Crippen LogP contribution in [0.1, 0.15) is 46.8 Å². The van der Waals surface area contributed by atoms with E-state index in [1.54, 1.807) is 6.92 Å². The van der Waals surface area contributed by atoms with Crippen LogP contribution in [0.25, 0.3) is 0 Å². The Kier molecular flexibility index (Phi) is 4.37. The summed E-state index contributed by atoms with van der Waals surface area (Å²) < 4.78 is 10.1. The third-order valence-corrected chi connectivity index (χ3v) is 4.49. The van der Waals surface area contributed by atoms with Gasteiger partial charge in [-0.05, 0) is 33.1 Å². The lowest BCUT2D eigenvalue weighted by atomic mass is 9.76. The van der Waals surface area contributed by atoms with Crippen molar-refractivity contribution in [1.82, 2.24) is 20.8 Å². The van der Waals surface area contributed by atoms with Crippen LogP contribution in [0, 0.1) is 13.8 Å². The van der Waals surface area contributed by atoms with Crippen LogP contribution in [0.3, 0.4) is 0 Å². The molecule has 1 saturated carbocycles.